The normalized spacial score (nSPS) is 15.3. The molecule has 6 heteroatoms. The van der Waals surface area contributed by atoms with Crippen molar-refractivity contribution in [2.45, 2.75) is 51.3 Å². The molecule has 1 N–H and O–H groups in total. The average Bonchev–Trinajstić information content (AvgIpc) is 3.23. The van der Waals surface area contributed by atoms with Crippen LogP contribution in [0.25, 0.3) is 0 Å². The number of benzene rings is 1. The Morgan fingerprint density at radius 1 is 1.33 bits per heavy atom. The lowest BCUT2D eigenvalue weighted by atomic mass is 10.1. The van der Waals surface area contributed by atoms with Gasteiger partial charge in [-0.1, -0.05) is 34.5 Å². The second kappa shape index (κ2) is 7.38. The molecule has 1 aromatic carbocycles. The second-order valence-electron chi connectivity index (χ2n) is 6.54. The fourth-order valence-electron chi connectivity index (χ4n) is 2.69. The van der Waals surface area contributed by atoms with Crippen LogP contribution < -0.4 is 5.32 Å². The number of amides is 1. The van der Waals surface area contributed by atoms with E-state index in [1.54, 1.807) is 11.8 Å². The molecular weight excluding hydrogens is 322 g/mol. The SMILES string of the molecule is Cc1cc(C)cc(CSCC(=O)N[C@H](C)c2nc(C3CC3)no2)c1. The number of carbonyl (C=O) groups excluding carboxylic acids is 1. The van der Waals surface area contributed by atoms with Crippen molar-refractivity contribution in [2.75, 3.05) is 5.75 Å². The van der Waals surface area contributed by atoms with Gasteiger partial charge in [0.05, 0.1) is 5.75 Å². The van der Waals surface area contributed by atoms with Gasteiger partial charge >= 0.3 is 0 Å². The third kappa shape index (κ3) is 4.60. The summed E-state index contributed by atoms with van der Waals surface area (Å²) >= 11 is 1.61. The van der Waals surface area contributed by atoms with E-state index in [9.17, 15) is 4.79 Å². The van der Waals surface area contributed by atoms with Crippen molar-refractivity contribution in [3.63, 3.8) is 0 Å². The molecule has 0 radical (unpaired) electrons. The zero-order valence-electron chi connectivity index (χ0n) is 14.3. The van der Waals surface area contributed by atoms with Gasteiger partial charge in [0.2, 0.25) is 11.8 Å². The Balaban J connectivity index is 1.44. The maximum Gasteiger partial charge on any atom is 0.248 e. The van der Waals surface area contributed by atoms with Gasteiger partial charge < -0.3 is 9.84 Å². The summed E-state index contributed by atoms with van der Waals surface area (Å²) in [4.78, 5) is 16.5. The van der Waals surface area contributed by atoms with E-state index in [2.05, 4.69) is 47.5 Å². The molecule has 2 aromatic rings. The largest absolute Gasteiger partial charge is 0.344 e. The third-order valence-corrected chi connectivity index (χ3v) is 4.93. The highest BCUT2D eigenvalue weighted by atomic mass is 32.2. The van der Waals surface area contributed by atoms with Crippen LogP contribution in [0.4, 0.5) is 0 Å². The standard InChI is InChI=1S/C18H23N3O2S/c1-11-6-12(2)8-14(7-11)9-24-10-16(22)19-13(3)18-20-17(21-23-18)15-4-5-15/h6-8,13,15H,4-5,9-10H2,1-3H3,(H,19,22)/t13-/m1/s1. The van der Waals surface area contributed by atoms with Crippen LogP contribution in [0.15, 0.2) is 22.7 Å². The molecule has 1 heterocycles. The number of hydrogen-bond donors (Lipinski definition) is 1. The Morgan fingerprint density at radius 3 is 2.71 bits per heavy atom. The lowest BCUT2D eigenvalue weighted by Gasteiger charge is -2.10. The van der Waals surface area contributed by atoms with E-state index < -0.39 is 0 Å². The molecule has 5 nitrogen and oxygen atoms in total. The summed E-state index contributed by atoms with van der Waals surface area (Å²) in [7, 11) is 0. The van der Waals surface area contributed by atoms with Crippen molar-refractivity contribution in [1.29, 1.82) is 0 Å². The highest BCUT2D eigenvalue weighted by Gasteiger charge is 2.29. The van der Waals surface area contributed by atoms with Gasteiger partial charge in [0.25, 0.3) is 0 Å². The van der Waals surface area contributed by atoms with Gasteiger partial charge in [-0.2, -0.15) is 4.98 Å². The first-order chi connectivity index (χ1) is 11.5. The number of hydrogen-bond acceptors (Lipinski definition) is 5. The van der Waals surface area contributed by atoms with Crippen molar-refractivity contribution >= 4 is 17.7 Å². The summed E-state index contributed by atoms with van der Waals surface area (Å²) < 4.78 is 5.25. The number of rotatable bonds is 7. The molecule has 1 fully saturated rings. The van der Waals surface area contributed by atoms with Crippen molar-refractivity contribution in [2.24, 2.45) is 0 Å². The van der Waals surface area contributed by atoms with E-state index in [0.717, 1.165) is 24.4 Å². The molecule has 0 unspecified atom stereocenters. The number of nitrogens with zero attached hydrogens (tertiary/aromatic N) is 2. The summed E-state index contributed by atoms with van der Waals surface area (Å²) in [6.45, 7) is 6.06. The molecule has 1 aromatic heterocycles. The Kier molecular flexibility index (Phi) is 5.23. The predicted octanol–water partition coefficient (Wildman–Crippen LogP) is 3.67. The molecular formula is C18H23N3O2S. The van der Waals surface area contributed by atoms with Gasteiger partial charge in [0.15, 0.2) is 5.82 Å². The van der Waals surface area contributed by atoms with Crippen LogP contribution >= 0.6 is 11.8 Å². The first-order valence-electron chi connectivity index (χ1n) is 8.29. The highest BCUT2D eigenvalue weighted by Crippen LogP contribution is 2.38. The Bertz CT molecular complexity index is 705. The zero-order chi connectivity index (χ0) is 17.1. The number of aromatic nitrogens is 2. The van der Waals surface area contributed by atoms with Crippen molar-refractivity contribution < 1.29 is 9.32 Å². The van der Waals surface area contributed by atoms with Crippen molar-refractivity contribution in [3.8, 4) is 0 Å². The summed E-state index contributed by atoms with van der Waals surface area (Å²) in [5, 5.41) is 6.90. The lowest BCUT2D eigenvalue weighted by molar-refractivity contribution is -0.119. The molecule has 1 atom stereocenters. The van der Waals surface area contributed by atoms with Crippen LogP contribution in [0.3, 0.4) is 0 Å². The Morgan fingerprint density at radius 2 is 2.04 bits per heavy atom. The summed E-state index contributed by atoms with van der Waals surface area (Å²) in [6.07, 6.45) is 2.27. The molecule has 24 heavy (non-hydrogen) atoms. The highest BCUT2D eigenvalue weighted by molar-refractivity contribution is 7.99. The predicted molar refractivity (Wildman–Crippen MR) is 94.9 cm³/mol. The van der Waals surface area contributed by atoms with Crippen LogP contribution in [0, 0.1) is 13.8 Å². The average molecular weight is 345 g/mol. The number of carbonyl (C=O) groups is 1. The molecule has 1 aliphatic carbocycles. The van der Waals surface area contributed by atoms with Crippen LogP contribution in [0.5, 0.6) is 0 Å². The van der Waals surface area contributed by atoms with Crippen LogP contribution in [0.2, 0.25) is 0 Å². The Hall–Kier alpha value is -1.82. The fourth-order valence-corrected chi connectivity index (χ4v) is 3.46. The van der Waals surface area contributed by atoms with E-state index in [-0.39, 0.29) is 11.9 Å². The van der Waals surface area contributed by atoms with Crippen LogP contribution in [-0.4, -0.2) is 21.8 Å². The van der Waals surface area contributed by atoms with Gasteiger partial charge in [0.1, 0.15) is 6.04 Å². The van der Waals surface area contributed by atoms with E-state index in [0.29, 0.717) is 17.6 Å². The van der Waals surface area contributed by atoms with E-state index in [1.165, 1.54) is 16.7 Å². The Labute approximate surface area is 146 Å². The molecule has 0 saturated heterocycles. The minimum Gasteiger partial charge on any atom is -0.344 e. The summed E-state index contributed by atoms with van der Waals surface area (Å²) in [5.74, 6) is 2.96. The molecule has 0 aliphatic heterocycles. The molecule has 128 valence electrons. The quantitative estimate of drug-likeness (QED) is 0.829. The van der Waals surface area contributed by atoms with Crippen LogP contribution in [-0.2, 0) is 10.5 Å². The maximum atomic E-state index is 12.1. The van der Waals surface area contributed by atoms with E-state index >= 15 is 0 Å². The van der Waals surface area contributed by atoms with Gasteiger partial charge in [-0.05, 0) is 39.2 Å². The van der Waals surface area contributed by atoms with Crippen molar-refractivity contribution in [1.82, 2.24) is 15.5 Å². The first kappa shape index (κ1) is 17.0. The molecule has 1 aliphatic rings. The lowest BCUT2D eigenvalue weighted by Crippen LogP contribution is -2.28. The van der Waals surface area contributed by atoms with E-state index in [1.807, 2.05) is 6.92 Å². The molecule has 0 spiro atoms. The van der Waals surface area contributed by atoms with Gasteiger partial charge in [0, 0.05) is 11.7 Å². The van der Waals surface area contributed by atoms with Gasteiger partial charge in [-0.25, -0.2) is 0 Å². The minimum absolute atomic E-state index is 0.0111. The maximum absolute atomic E-state index is 12.1. The monoisotopic (exact) mass is 345 g/mol. The minimum atomic E-state index is -0.251. The number of thioether (sulfide) groups is 1. The summed E-state index contributed by atoms with van der Waals surface area (Å²) in [6, 6.07) is 6.24. The topological polar surface area (TPSA) is 68.0 Å². The summed E-state index contributed by atoms with van der Waals surface area (Å²) in [5.41, 5.74) is 3.77. The van der Waals surface area contributed by atoms with Crippen LogP contribution in [0.1, 0.15) is 60.1 Å². The number of nitrogens with one attached hydrogen (secondary N) is 1. The molecule has 1 saturated carbocycles. The zero-order valence-corrected chi connectivity index (χ0v) is 15.2. The van der Waals surface area contributed by atoms with Gasteiger partial charge in [-0.3, -0.25) is 4.79 Å². The van der Waals surface area contributed by atoms with Crippen molar-refractivity contribution in [3.05, 3.63) is 46.6 Å². The fraction of sp³-hybridized carbons (Fsp3) is 0.500. The second-order valence-corrected chi connectivity index (χ2v) is 7.53. The molecule has 0 bridgehead atoms. The third-order valence-electron chi connectivity index (χ3n) is 3.93. The van der Waals surface area contributed by atoms with Gasteiger partial charge in [-0.15, -0.1) is 11.8 Å². The molecule has 3 rings (SSSR count). The number of aryl methyl sites for hydroxylation is 2. The molecule has 1 amide bonds. The first-order valence-corrected chi connectivity index (χ1v) is 9.44. The smallest absolute Gasteiger partial charge is 0.248 e. The van der Waals surface area contributed by atoms with E-state index in [4.69, 9.17) is 4.52 Å².